The van der Waals surface area contributed by atoms with Gasteiger partial charge < -0.3 is 14.7 Å². The van der Waals surface area contributed by atoms with Crippen LogP contribution in [0, 0.1) is 24.4 Å². The van der Waals surface area contributed by atoms with Gasteiger partial charge in [-0.05, 0) is 13.0 Å². The summed E-state index contributed by atoms with van der Waals surface area (Å²) in [5, 5.41) is 13.9. The van der Waals surface area contributed by atoms with Crippen molar-refractivity contribution in [2.24, 2.45) is 0 Å². The lowest BCUT2D eigenvalue weighted by Crippen LogP contribution is -2.37. The van der Waals surface area contributed by atoms with Crippen LogP contribution in [0.15, 0.2) is 12.1 Å². The third-order valence-electron chi connectivity index (χ3n) is 4.39. The van der Waals surface area contributed by atoms with Gasteiger partial charge in [-0.25, -0.2) is 22.5 Å². The van der Waals surface area contributed by atoms with Gasteiger partial charge in [0, 0.05) is 30.3 Å². The molecule has 0 aliphatic carbocycles. The van der Waals surface area contributed by atoms with Crippen LogP contribution in [0.4, 0.5) is 19.0 Å². The van der Waals surface area contributed by atoms with E-state index in [1.165, 1.54) is 4.52 Å². The number of hydrogen-bond donors (Lipinski definition) is 1. The summed E-state index contributed by atoms with van der Waals surface area (Å²) in [6.07, 6.45) is 0. The first-order chi connectivity index (χ1) is 12.9. The van der Waals surface area contributed by atoms with Crippen molar-refractivity contribution < 1.29 is 27.8 Å². The number of fused-ring (bicyclic) bond motifs is 1. The summed E-state index contributed by atoms with van der Waals surface area (Å²) in [6, 6.07) is 1.35. The number of aromatic carboxylic acids is 1. The first-order valence-corrected chi connectivity index (χ1v) is 8.93. The number of thiazole rings is 1. The van der Waals surface area contributed by atoms with Crippen molar-refractivity contribution in [3.8, 4) is 11.1 Å². The third kappa shape index (κ3) is 2.85. The number of carbonyl (C=O) groups is 1. The molecule has 2 aromatic heterocycles. The zero-order chi connectivity index (χ0) is 19.3. The second kappa shape index (κ2) is 6.54. The minimum Gasteiger partial charge on any atom is -0.477 e. The maximum Gasteiger partial charge on any atom is 0.349 e. The largest absolute Gasteiger partial charge is 0.477 e. The summed E-state index contributed by atoms with van der Waals surface area (Å²) in [6.45, 7) is 3.41. The Kier molecular flexibility index (Phi) is 4.31. The Labute approximate surface area is 155 Å². The van der Waals surface area contributed by atoms with Gasteiger partial charge in [-0.1, -0.05) is 0 Å². The van der Waals surface area contributed by atoms with Crippen molar-refractivity contribution >= 4 is 28.0 Å². The van der Waals surface area contributed by atoms with Crippen molar-refractivity contribution in [3.63, 3.8) is 0 Å². The van der Waals surface area contributed by atoms with Gasteiger partial charge in [0.2, 0.25) is 0 Å². The van der Waals surface area contributed by atoms with Crippen LogP contribution in [0.1, 0.15) is 15.4 Å². The van der Waals surface area contributed by atoms with E-state index in [0.717, 1.165) is 17.4 Å². The van der Waals surface area contributed by atoms with Crippen LogP contribution in [0.5, 0.6) is 0 Å². The fourth-order valence-corrected chi connectivity index (χ4v) is 4.38. The smallest absolute Gasteiger partial charge is 0.349 e. The molecule has 0 atom stereocenters. The van der Waals surface area contributed by atoms with Gasteiger partial charge in [0.1, 0.15) is 10.6 Å². The number of rotatable bonds is 3. The van der Waals surface area contributed by atoms with E-state index >= 15 is 0 Å². The van der Waals surface area contributed by atoms with Crippen molar-refractivity contribution in [3.05, 3.63) is 40.2 Å². The van der Waals surface area contributed by atoms with Gasteiger partial charge >= 0.3 is 5.97 Å². The molecular weight excluding hydrogens is 383 g/mol. The third-order valence-corrected chi connectivity index (χ3v) is 5.52. The predicted octanol–water partition coefficient (Wildman–Crippen LogP) is 3.32. The molecule has 1 N–H and O–H groups in total. The summed E-state index contributed by atoms with van der Waals surface area (Å²) in [5.74, 6) is -4.23. The molecule has 1 aliphatic heterocycles. The number of hydrogen-bond acceptors (Lipinski definition) is 5. The molecule has 1 aromatic carbocycles. The molecule has 0 radical (unpaired) electrons. The first-order valence-electron chi connectivity index (χ1n) is 8.11. The molecule has 1 fully saturated rings. The second-order valence-electron chi connectivity index (χ2n) is 6.09. The van der Waals surface area contributed by atoms with Crippen LogP contribution < -0.4 is 4.90 Å². The molecule has 1 aliphatic rings. The summed E-state index contributed by atoms with van der Waals surface area (Å²) in [5.41, 5.74) is 0.237. The quantitative estimate of drug-likeness (QED) is 0.687. The van der Waals surface area contributed by atoms with E-state index < -0.39 is 23.4 Å². The zero-order valence-corrected chi connectivity index (χ0v) is 14.9. The second-order valence-corrected chi connectivity index (χ2v) is 7.08. The fourth-order valence-electron chi connectivity index (χ4n) is 3.22. The minimum atomic E-state index is -1.31. The number of ether oxygens (including phenoxy) is 1. The number of morpholine rings is 1. The number of anilines is 1. The van der Waals surface area contributed by atoms with Gasteiger partial charge in [0.15, 0.2) is 22.3 Å². The summed E-state index contributed by atoms with van der Waals surface area (Å²) in [7, 11) is 0. The standard InChI is InChI=1S/C17H14F3N3O3S/c1-8-12(10-6-9(18)7-11(19)13(10)20)16-23(21-8)15(14(27-16)17(24)25)22-2-4-26-5-3-22/h6-7H,2-5H2,1H3,(H,24,25). The Hall–Kier alpha value is -2.59. The van der Waals surface area contributed by atoms with Crippen molar-refractivity contribution in [1.29, 1.82) is 0 Å². The van der Waals surface area contributed by atoms with Crippen LogP contribution in [0.25, 0.3) is 16.0 Å². The average Bonchev–Trinajstić information content (AvgIpc) is 3.13. The van der Waals surface area contributed by atoms with Gasteiger partial charge in [0.25, 0.3) is 0 Å². The average molecular weight is 397 g/mol. The molecule has 0 unspecified atom stereocenters. The Morgan fingerprint density at radius 1 is 1.26 bits per heavy atom. The molecule has 1 saturated heterocycles. The molecule has 0 saturated carbocycles. The van der Waals surface area contributed by atoms with Gasteiger partial charge in [-0.15, -0.1) is 11.3 Å². The Morgan fingerprint density at radius 2 is 1.96 bits per heavy atom. The van der Waals surface area contributed by atoms with Crippen LogP contribution in [0.2, 0.25) is 0 Å². The minimum absolute atomic E-state index is 0.0259. The Balaban J connectivity index is 1.99. The topological polar surface area (TPSA) is 67.1 Å². The van der Waals surface area contributed by atoms with Crippen LogP contribution in [0.3, 0.4) is 0 Å². The molecule has 3 heterocycles. The van der Waals surface area contributed by atoms with E-state index in [9.17, 15) is 23.1 Å². The van der Waals surface area contributed by atoms with Gasteiger partial charge in [-0.3, -0.25) is 0 Å². The molecule has 0 spiro atoms. The summed E-state index contributed by atoms with van der Waals surface area (Å²) in [4.78, 5) is 13.9. The van der Waals surface area contributed by atoms with E-state index in [0.29, 0.717) is 48.7 Å². The highest BCUT2D eigenvalue weighted by atomic mass is 32.1. The number of aromatic nitrogens is 2. The van der Waals surface area contributed by atoms with Crippen LogP contribution >= 0.6 is 11.3 Å². The molecule has 4 rings (SSSR count). The lowest BCUT2D eigenvalue weighted by atomic mass is 10.1. The summed E-state index contributed by atoms with van der Waals surface area (Å²) < 4.78 is 48.5. The maximum absolute atomic E-state index is 14.4. The fraction of sp³-hybridized carbons (Fsp3) is 0.294. The van der Waals surface area contributed by atoms with Crippen molar-refractivity contribution in [2.45, 2.75) is 6.92 Å². The predicted molar refractivity (Wildman–Crippen MR) is 93.1 cm³/mol. The number of carboxylic acid groups (broad SMARTS) is 1. The van der Waals surface area contributed by atoms with Gasteiger partial charge in [-0.2, -0.15) is 5.10 Å². The number of nitrogens with zero attached hydrogens (tertiary/aromatic N) is 3. The van der Waals surface area contributed by atoms with Crippen molar-refractivity contribution in [1.82, 2.24) is 9.61 Å². The monoisotopic (exact) mass is 397 g/mol. The zero-order valence-electron chi connectivity index (χ0n) is 14.1. The van der Waals surface area contributed by atoms with E-state index in [1.807, 2.05) is 4.90 Å². The molecule has 6 nitrogen and oxygen atoms in total. The Morgan fingerprint density at radius 3 is 2.63 bits per heavy atom. The summed E-state index contributed by atoms with van der Waals surface area (Å²) >= 11 is 0.895. The van der Waals surface area contributed by atoms with Crippen LogP contribution in [-0.4, -0.2) is 47.0 Å². The molecule has 0 amide bonds. The number of benzene rings is 1. The number of aryl methyl sites for hydroxylation is 1. The lowest BCUT2D eigenvalue weighted by Gasteiger charge is -2.28. The highest BCUT2D eigenvalue weighted by Crippen LogP contribution is 2.40. The number of halogens is 3. The molecule has 142 valence electrons. The molecule has 27 heavy (non-hydrogen) atoms. The maximum atomic E-state index is 14.4. The normalized spacial score (nSPS) is 14.9. The van der Waals surface area contributed by atoms with Crippen LogP contribution in [-0.2, 0) is 4.74 Å². The van der Waals surface area contributed by atoms with E-state index in [-0.39, 0.29) is 16.0 Å². The highest BCUT2D eigenvalue weighted by molar-refractivity contribution is 7.20. The lowest BCUT2D eigenvalue weighted by molar-refractivity contribution is 0.0701. The molecular formula is C17H14F3N3O3S. The first kappa shape index (κ1) is 17.8. The molecule has 3 aromatic rings. The molecule has 0 bridgehead atoms. The van der Waals surface area contributed by atoms with E-state index in [2.05, 4.69) is 5.10 Å². The number of carboxylic acids is 1. The van der Waals surface area contributed by atoms with E-state index in [1.54, 1.807) is 6.92 Å². The highest BCUT2D eigenvalue weighted by Gasteiger charge is 2.29. The SMILES string of the molecule is Cc1nn2c(N3CCOCC3)c(C(=O)O)sc2c1-c1cc(F)cc(F)c1F. The van der Waals surface area contributed by atoms with E-state index in [4.69, 9.17) is 4.74 Å². The van der Waals surface area contributed by atoms with Crippen molar-refractivity contribution in [2.75, 3.05) is 31.2 Å². The Bertz CT molecular complexity index is 1060. The van der Waals surface area contributed by atoms with Gasteiger partial charge in [0.05, 0.1) is 18.9 Å². The molecule has 10 heteroatoms.